The lowest BCUT2D eigenvalue weighted by molar-refractivity contribution is -0.0903. The van der Waals surface area contributed by atoms with Crippen molar-refractivity contribution in [3.8, 4) is 0 Å². The Balaban J connectivity index is 2.08. The monoisotopic (exact) mass is 226 g/mol. The van der Waals surface area contributed by atoms with E-state index in [0.717, 1.165) is 38.3 Å². The molecule has 1 heterocycles. The second-order valence-electron chi connectivity index (χ2n) is 5.79. The molecular weight excluding hydrogens is 200 g/mol. The lowest BCUT2D eigenvalue weighted by Crippen LogP contribution is -2.55. The minimum absolute atomic E-state index is 0.0117. The maximum atomic E-state index is 10.8. The highest BCUT2D eigenvalue weighted by molar-refractivity contribution is 5.05. The van der Waals surface area contributed by atoms with Gasteiger partial charge in [0.15, 0.2) is 0 Å². The van der Waals surface area contributed by atoms with E-state index in [0.29, 0.717) is 6.54 Å². The molecule has 1 atom stereocenters. The van der Waals surface area contributed by atoms with Crippen molar-refractivity contribution in [1.82, 2.24) is 5.32 Å². The van der Waals surface area contributed by atoms with Crippen molar-refractivity contribution in [2.24, 2.45) is 17.1 Å². The molecule has 16 heavy (non-hydrogen) atoms. The van der Waals surface area contributed by atoms with E-state index >= 15 is 0 Å². The summed E-state index contributed by atoms with van der Waals surface area (Å²) < 4.78 is 0. The minimum Gasteiger partial charge on any atom is -0.388 e. The third kappa shape index (κ3) is 1.89. The molecule has 0 spiro atoms. The first-order chi connectivity index (χ1) is 7.66. The van der Waals surface area contributed by atoms with Gasteiger partial charge in [-0.05, 0) is 44.6 Å². The first kappa shape index (κ1) is 12.3. The van der Waals surface area contributed by atoms with Crippen LogP contribution in [0.2, 0.25) is 0 Å². The van der Waals surface area contributed by atoms with Crippen molar-refractivity contribution < 1.29 is 5.11 Å². The van der Waals surface area contributed by atoms with E-state index in [-0.39, 0.29) is 5.41 Å². The third-order valence-corrected chi connectivity index (χ3v) is 5.15. The van der Waals surface area contributed by atoms with Crippen LogP contribution in [0.4, 0.5) is 0 Å². The summed E-state index contributed by atoms with van der Waals surface area (Å²) in [6.45, 7) is 4.59. The second kappa shape index (κ2) is 4.63. The minimum atomic E-state index is -0.541. The Hall–Kier alpha value is -0.120. The topological polar surface area (TPSA) is 58.3 Å². The van der Waals surface area contributed by atoms with Crippen LogP contribution in [0.25, 0.3) is 0 Å². The van der Waals surface area contributed by atoms with Crippen molar-refractivity contribution in [2.45, 2.75) is 51.0 Å². The van der Waals surface area contributed by atoms with Gasteiger partial charge in [-0.15, -0.1) is 0 Å². The van der Waals surface area contributed by atoms with Crippen molar-refractivity contribution in [2.75, 3.05) is 19.6 Å². The van der Waals surface area contributed by atoms with E-state index < -0.39 is 5.60 Å². The molecule has 94 valence electrons. The van der Waals surface area contributed by atoms with Gasteiger partial charge < -0.3 is 16.2 Å². The maximum absolute atomic E-state index is 10.8. The van der Waals surface area contributed by atoms with E-state index in [1.807, 2.05) is 0 Å². The Labute approximate surface area is 98.8 Å². The molecule has 0 radical (unpaired) electrons. The van der Waals surface area contributed by atoms with Gasteiger partial charge >= 0.3 is 0 Å². The Morgan fingerprint density at radius 1 is 1.31 bits per heavy atom. The number of rotatable bonds is 3. The van der Waals surface area contributed by atoms with Crippen LogP contribution in [-0.2, 0) is 0 Å². The van der Waals surface area contributed by atoms with Gasteiger partial charge in [0, 0.05) is 18.5 Å². The van der Waals surface area contributed by atoms with Gasteiger partial charge in [-0.2, -0.15) is 0 Å². The van der Waals surface area contributed by atoms with Crippen molar-refractivity contribution in [3.63, 3.8) is 0 Å². The van der Waals surface area contributed by atoms with Crippen LogP contribution >= 0.6 is 0 Å². The summed E-state index contributed by atoms with van der Waals surface area (Å²) in [7, 11) is 0. The van der Waals surface area contributed by atoms with E-state index in [1.165, 1.54) is 19.3 Å². The number of aliphatic hydroxyl groups is 1. The van der Waals surface area contributed by atoms with E-state index in [1.54, 1.807) is 0 Å². The van der Waals surface area contributed by atoms with Crippen molar-refractivity contribution in [3.05, 3.63) is 0 Å². The molecule has 1 aliphatic heterocycles. The van der Waals surface area contributed by atoms with Gasteiger partial charge in [0.25, 0.3) is 0 Å². The highest BCUT2D eigenvalue weighted by Gasteiger charge is 2.51. The van der Waals surface area contributed by atoms with E-state index in [9.17, 15) is 5.11 Å². The van der Waals surface area contributed by atoms with Gasteiger partial charge in [-0.3, -0.25) is 0 Å². The van der Waals surface area contributed by atoms with Crippen LogP contribution in [0.1, 0.15) is 45.4 Å². The quantitative estimate of drug-likeness (QED) is 0.679. The smallest absolute Gasteiger partial charge is 0.0851 e. The zero-order chi connectivity index (χ0) is 11.6. The van der Waals surface area contributed by atoms with Crippen LogP contribution in [0.5, 0.6) is 0 Å². The number of nitrogens with two attached hydrogens (primary N) is 1. The summed E-state index contributed by atoms with van der Waals surface area (Å²) in [4.78, 5) is 0. The number of nitrogens with one attached hydrogen (secondary N) is 1. The summed E-state index contributed by atoms with van der Waals surface area (Å²) in [5.74, 6) is 0.859. The zero-order valence-corrected chi connectivity index (χ0v) is 10.5. The van der Waals surface area contributed by atoms with Crippen LogP contribution in [-0.4, -0.2) is 30.3 Å². The van der Waals surface area contributed by atoms with Gasteiger partial charge in [-0.1, -0.05) is 13.3 Å². The fraction of sp³-hybridized carbons (Fsp3) is 1.00. The van der Waals surface area contributed by atoms with E-state index in [2.05, 4.69) is 12.2 Å². The molecule has 0 amide bonds. The fourth-order valence-corrected chi connectivity index (χ4v) is 3.63. The lowest BCUT2D eigenvalue weighted by Gasteiger charge is -2.48. The first-order valence-electron chi connectivity index (χ1n) is 6.79. The van der Waals surface area contributed by atoms with Crippen LogP contribution in [0.15, 0.2) is 0 Å². The predicted molar refractivity (Wildman–Crippen MR) is 66.2 cm³/mol. The third-order valence-electron chi connectivity index (χ3n) is 5.15. The molecule has 1 aliphatic carbocycles. The molecule has 0 aromatic heterocycles. The molecule has 1 unspecified atom stereocenters. The molecule has 4 N–H and O–H groups in total. The molecule has 2 rings (SSSR count). The molecule has 0 aromatic carbocycles. The Bertz CT molecular complexity index is 228. The maximum Gasteiger partial charge on any atom is 0.0851 e. The van der Waals surface area contributed by atoms with Crippen LogP contribution in [0, 0.1) is 11.3 Å². The average molecular weight is 226 g/mol. The summed E-state index contributed by atoms with van der Waals surface area (Å²) in [5.41, 5.74) is 5.45. The van der Waals surface area contributed by atoms with Gasteiger partial charge in [-0.25, -0.2) is 0 Å². The SMILES string of the molecule is CCC1CCC(CN)(C2(O)CCNC2)CC1. The van der Waals surface area contributed by atoms with Gasteiger partial charge in [0.2, 0.25) is 0 Å². The number of β-amino-alcohol motifs (C(OH)–C–C–N with tert-alkyl or cyclic N) is 1. The van der Waals surface area contributed by atoms with Crippen molar-refractivity contribution >= 4 is 0 Å². The molecule has 0 bridgehead atoms. The largest absolute Gasteiger partial charge is 0.388 e. The van der Waals surface area contributed by atoms with Crippen molar-refractivity contribution in [1.29, 1.82) is 0 Å². The predicted octanol–water partition coefficient (Wildman–Crippen LogP) is 1.26. The molecule has 1 saturated heterocycles. The summed E-state index contributed by atoms with van der Waals surface area (Å²) in [6, 6.07) is 0. The average Bonchev–Trinajstić information content (AvgIpc) is 2.78. The normalized spacial score (nSPS) is 44.8. The second-order valence-corrected chi connectivity index (χ2v) is 5.79. The standard InChI is InChI=1S/C13H26N2O/c1-2-11-3-5-12(9-14,6-4-11)13(16)7-8-15-10-13/h11,15-16H,2-10,14H2,1H3. The number of hydrogen-bond acceptors (Lipinski definition) is 3. The Morgan fingerprint density at radius 3 is 2.44 bits per heavy atom. The lowest BCUT2D eigenvalue weighted by atomic mass is 9.60. The summed E-state index contributed by atoms with van der Waals surface area (Å²) in [5, 5.41) is 14.1. The van der Waals surface area contributed by atoms with Crippen LogP contribution < -0.4 is 11.1 Å². The molecule has 2 fully saturated rings. The van der Waals surface area contributed by atoms with Crippen LogP contribution in [0.3, 0.4) is 0 Å². The number of hydrogen-bond donors (Lipinski definition) is 3. The van der Waals surface area contributed by atoms with Gasteiger partial charge in [0.05, 0.1) is 5.60 Å². The molecule has 0 aromatic rings. The summed E-state index contributed by atoms with van der Waals surface area (Å²) in [6.07, 6.45) is 6.87. The zero-order valence-electron chi connectivity index (χ0n) is 10.5. The Morgan fingerprint density at radius 2 is 2.00 bits per heavy atom. The molecule has 2 aliphatic rings. The van der Waals surface area contributed by atoms with Gasteiger partial charge in [0.1, 0.15) is 0 Å². The van der Waals surface area contributed by atoms with E-state index in [4.69, 9.17) is 5.73 Å². The highest BCUT2D eigenvalue weighted by Crippen LogP contribution is 2.48. The Kier molecular flexibility index (Phi) is 3.57. The molecule has 3 nitrogen and oxygen atoms in total. The molecule has 3 heteroatoms. The molecular formula is C13H26N2O. The molecule has 1 saturated carbocycles. The fourth-order valence-electron chi connectivity index (χ4n) is 3.63. The highest BCUT2D eigenvalue weighted by atomic mass is 16.3. The summed E-state index contributed by atoms with van der Waals surface area (Å²) >= 11 is 0. The first-order valence-corrected chi connectivity index (χ1v) is 6.79.